The lowest BCUT2D eigenvalue weighted by molar-refractivity contribution is 0.623. The van der Waals surface area contributed by atoms with Gasteiger partial charge in [0.25, 0.3) is 15.3 Å². The highest BCUT2D eigenvalue weighted by Crippen LogP contribution is 2.51. The summed E-state index contributed by atoms with van der Waals surface area (Å²) in [6.45, 7) is 1.47. The minimum Gasteiger partial charge on any atom is -0.616 e. The number of hydrogen-bond acceptors (Lipinski definition) is 3. The molecule has 1 aromatic carbocycles. The predicted octanol–water partition coefficient (Wildman–Crippen LogP) is 5.24. The summed E-state index contributed by atoms with van der Waals surface area (Å²) < 4.78 is 21.5. The summed E-state index contributed by atoms with van der Waals surface area (Å²) in [6.07, 6.45) is 3.92. The van der Waals surface area contributed by atoms with Gasteiger partial charge in [-0.1, -0.05) is 58.0 Å². The fourth-order valence-electron chi connectivity index (χ4n) is 2.01. The molecule has 1 heterocycles. The standard InChI is InChI=1S/C12H6Cl5NO3S/c1-5-3-2-4-18(19,12(5)22(20)21)11-9(16)7(14)6(13)8(15)10(11)17/h2-4H,1H3. The number of benzene rings is 1. The van der Waals surface area contributed by atoms with Crippen molar-refractivity contribution in [3.8, 4) is 0 Å². The molecule has 2 rings (SSSR count). The second-order valence-electron chi connectivity index (χ2n) is 4.31. The van der Waals surface area contributed by atoms with Crippen molar-refractivity contribution in [2.75, 3.05) is 0 Å². The molecule has 0 fully saturated rings. The second-order valence-corrected chi connectivity index (χ2v) is 7.05. The van der Waals surface area contributed by atoms with Crippen molar-refractivity contribution in [1.82, 2.24) is 4.65 Å². The first-order chi connectivity index (χ1) is 10.1. The smallest absolute Gasteiger partial charge is 0.277 e. The highest BCUT2D eigenvalue weighted by Gasteiger charge is 2.38. The van der Waals surface area contributed by atoms with E-state index >= 15 is 0 Å². The van der Waals surface area contributed by atoms with Crippen molar-refractivity contribution in [2.24, 2.45) is 0 Å². The average molecular weight is 422 g/mol. The predicted molar refractivity (Wildman–Crippen MR) is 93.5 cm³/mol. The fourth-order valence-corrected chi connectivity index (χ4v) is 4.10. The van der Waals surface area contributed by atoms with E-state index in [-0.39, 0.29) is 36.4 Å². The summed E-state index contributed by atoms with van der Waals surface area (Å²) in [5.74, 6) is 0. The van der Waals surface area contributed by atoms with Gasteiger partial charge in [-0.2, -0.15) is 8.42 Å². The summed E-state index contributed by atoms with van der Waals surface area (Å²) in [7, 11) is -2.82. The number of hydrogen-bond donors (Lipinski definition) is 0. The summed E-state index contributed by atoms with van der Waals surface area (Å²) in [6, 6.07) is 0. The van der Waals surface area contributed by atoms with E-state index < -0.39 is 19.9 Å². The molecule has 0 saturated carbocycles. The number of rotatable bonds is 1. The molecule has 1 unspecified atom stereocenters. The molecule has 0 saturated heterocycles. The maximum atomic E-state index is 13.2. The molecule has 1 atom stereocenters. The summed E-state index contributed by atoms with van der Waals surface area (Å²) in [5, 5.41) is 12.2. The normalized spacial score (nSPS) is 21.0. The minimum absolute atomic E-state index is 0.119. The molecule has 0 radical (unpaired) electrons. The van der Waals surface area contributed by atoms with Crippen molar-refractivity contribution in [3.63, 3.8) is 0 Å². The molecule has 118 valence electrons. The van der Waals surface area contributed by atoms with Crippen LogP contribution in [0.3, 0.4) is 0 Å². The van der Waals surface area contributed by atoms with Gasteiger partial charge in [0.1, 0.15) is 16.2 Å². The van der Waals surface area contributed by atoms with E-state index in [4.69, 9.17) is 58.0 Å². The van der Waals surface area contributed by atoms with Crippen molar-refractivity contribution in [3.05, 3.63) is 54.2 Å². The Morgan fingerprint density at radius 1 is 0.955 bits per heavy atom. The van der Waals surface area contributed by atoms with Gasteiger partial charge in [-0.3, -0.25) is 4.65 Å². The highest BCUT2D eigenvalue weighted by molar-refractivity contribution is 7.73. The molecule has 0 aliphatic carbocycles. The Hall–Kier alpha value is -0.240. The topological polar surface area (TPSA) is 57.2 Å². The van der Waals surface area contributed by atoms with Gasteiger partial charge in [-0.15, -0.1) is 0 Å². The van der Waals surface area contributed by atoms with Gasteiger partial charge in [0.15, 0.2) is 5.69 Å². The first-order valence-electron chi connectivity index (χ1n) is 5.58. The van der Waals surface area contributed by atoms with Gasteiger partial charge < -0.3 is 5.21 Å². The summed E-state index contributed by atoms with van der Waals surface area (Å²) in [4.78, 5) is -0.472. The molecule has 10 heteroatoms. The Morgan fingerprint density at radius 2 is 1.41 bits per heavy atom. The van der Waals surface area contributed by atoms with Crippen LogP contribution in [0.15, 0.2) is 23.9 Å². The molecular weight excluding hydrogens is 415 g/mol. The second kappa shape index (κ2) is 6.34. The zero-order valence-electron chi connectivity index (χ0n) is 10.7. The number of hydroxylamine groups is 2. The van der Waals surface area contributed by atoms with E-state index in [1.807, 2.05) is 0 Å². The SMILES string of the molecule is CC1=CC=C[N+]([O-])(c2c(Cl)c(Cl)c(Cl)c(Cl)c2Cl)C1=S(=O)=O. The number of halogens is 5. The van der Waals surface area contributed by atoms with E-state index in [1.54, 1.807) is 0 Å². The number of quaternary nitrogens is 1. The van der Waals surface area contributed by atoms with Crippen LogP contribution in [0.1, 0.15) is 6.92 Å². The average Bonchev–Trinajstić information content (AvgIpc) is 2.42. The third-order valence-electron chi connectivity index (χ3n) is 2.96. The number of allylic oxidation sites excluding steroid dienone is 2. The van der Waals surface area contributed by atoms with E-state index in [9.17, 15) is 13.6 Å². The quantitative estimate of drug-likeness (QED) is 0.205. The van der Waals surface area contributed by atoms with Crippen molar-refractivity contribution in [1.29, 1.82) is 0 Å². The number of nitrogens with zero attached hydrogens (tertiary/aromatic N) is 1. The Morgan fingerprint density at radius 3 is 1.86 bits per heavy atom. The molecule has 1 aromatic rings. The van der Waals surface area contributed by atoms with Crippen LogP contribution in [0.5, 0.6) is 0 Å². The molecule has 4 nitrogen and oxygen atoms in total. The van der Waals surface area contributed by atoms with Crippen LogP contribution in [-0.4, -0.2) is 13.4 Å². The van der Waals surface area contributed by atoms with Gasteiger partial charge in [0.2, 0.25) is 0 Å². The third-order valence-corrected chi connectivity index (χ3v) is 6.12. The highest BCUT2D eigenvalue weighted by atomic mass is 35.5. The van der Waals surface area contributed by atoms with Gasteiger partial charge in [0.05, 0.1) is 15.1 Å². The van der Waals surface area contributed by atoms with E-state index in [1.165, 1.54) is 19.1 Å². The first-order valence-corrected chi connectivity index (χ1v) is 8.54. The van der Waals surface area contributed by atoms with E-state index in [0.717, 1.165) is 6.20 Å². The third kappa shape index (κ3) is 2.70. The zero-order valence-corrected chi connectivity index (χ0v) is 15.3. The van der Waals surface area contributed by atoms with Crippen molar-refractivity contribution >= 4 is 79.0 Å². The lowest BCUT2D eigenvalue weighted by atomic mass is 10.1. The molecule has 1 aliphatic rings. The van der Waals surface area contributed by atoms with E-state index in [2.05, 4.69) is 0 Å². The fraction of sp³-hybridized carbons (Fsp3) is 0.0833. The van der Waals surface area contributed by atoms with Gasteiger partial charge in [-0.25, -0.2) is 0 Å². The molecule has 1 aliphatic heterocycles. The lowest BCUT2D eigenvalue weighted by Crippen LogP contribution is -2.46. The van der Waals surface area contributed by atoms with Gasteiger partial charge >= 0.3 is 0 Å². The Balaban J connectivity index is 2.96. The Bertz CT molecular complexity index is 838. The van der Waals surface area contributed by atoms with Gasteiger partial charge in [0, 0.05) is 5.57 Å². The molecule has 0 bridgehead atoms. The van der Waals surface area contributed by atoms with Crippen LogP contribution in [-0.2, 0) is 10.3 Å². The van der Waals surface area contributed by atoms with Crippen LogP contribution in [0.2, 0.25) is 25.1 Å². The zero-order chi connectivity index (χ0) is 16.8. The minimum atomic E-state index is -2.82. The molecule has 0 spiro atoms. The van der Waals surface area contributed by atoms with Gasteiger partial charge in [-0.05, 0) is 19.1 Å². The van der Waals surface area contributed by atoms with Crippen molar-refractivity contribution in [2.45, 2.75) is 6.92 Å². The summed E-state index contributed by atoms with van der Waals surface area (Å²) in [5.41, 5.74) is -0.0780. The Kier molecular flexibility index (Phi) is 5.22. The van der Waals surface area contributed by atoms with Crippen LogP contribution < -0.4 is 4.65 Å². The van der Waals surface area contributed by atoms with E-state index in [0.29, 0.717) is 0 Å². The van der Waals surface area contributed by atoms with Crippen LogP contribution in [0.4, 0.5) is 5.69 Å². The monoisotopic (exact) mass is 419 g/mol. The molecule has 0 aromatic heterocycles. The van der Waals surface area contributed by atoms with Crippen LogP contribution in [0.25, 0.3) is 0 Å². The molecule has 0 N–H and O–H groups in total. The van der Waals surface area contributed by atoms with Crippen molar-refractivity contribution < 1.29 is 8.42 Å². The van der Waals surface area contributed by atoms with Crippen LogP contribution >= 0.6 is 58.0 Å². The largest absolute Gasteiger partial charge is 0.616 e. The first kappa shape index (κ1) is 18.1. The molecular formula is C12H6Cl5NO3S. The summed E-state index contributed by atoms with van der Waals surface area (Å²) >= 11 is 29.9. The maximum Gasteiger partial charge on any atom is 0.277 e. The van der Waals surface area contributed by atoms with Crippen LogP contribution in [0, 0.1) is 5.21 Å². The maximum absolute atomic E-state index is 13.2. The lowest BCUT2D eigenvalue weighted by Gasteiger charge is -2.40. The molecule has 22 heavy (non-hydrogen) atoms. The Labute approximate surface area is 152 Å². The molecule has 0 amide bonds.